The number of phenolic OH excluding ortho intramolecular Hbond substituents is 1. The maximum Gasteiger partial charge on any atom is 0.387 e. The van der Waals surface area contributed by atoms with Crippen molar-refractivity contribution in [1.29, 1.82) is 0 Å². The molecule has 0 radical (unpaired) electrons. The molecule has 3 rings (SSSR count). The van der Waals surface area contributed by atoms with E-state index < -0.39 is 6.61 Å². The molecule has 0 aliphatic carbocycles. The van der Waals surface area contributed by atoms with Gasteiger partial charge in [0.25, 0.3) is 0 Å². The van der Waals surface area contributed by atoms with Crippen molar-refractivity contribution in [2.75, 3.05) is 18.4 Å². The van der Waals surface area contributed by atoms with Gasteiger partial charge in [-0.25, -0.2) is 0 Å². The Morgan fingerprint density at radius 2 is 1.79 bits per heavy atom. The van der Waals surface area contributed by atoms with Crippen LogP contribution in [-0.4, -0.2) is 41.7 Å². The molecule has 0 spiro atoms. The van der Waals surface area contributed by atoms with Crippen molar-refractivity contribution in [1.82, 2.24) is 4.90 Å². The average Bonchev–Trinajstić information content (AvgIpc) is 2.69. The fourth-order valence-electron chi connectivity index (χ4n) is 3.54. The van der Waals surface area contributed by atoms with E-state index in [1.807, 2.05) is 19.1 Å². The normalized spacial score (nSPS) is 16.7. The molecule has 0 bridgehead atoms. The number of nitrogens with one attached hydrogen (secondary N) is 1. The van der Waals surface area contributed by atoms with Crippen LogP contribution in [0.1, 0.15) is 31.2 Å². The van der Waals surface area contributed by atoms with E-state index in [-0.39, 0.29) is 29.1 Å². The molecule has 28 heavy (non-hydrogen) atoms. The number of aromatic hydroxyl groups is 1. The molecule has 1 saturated heterocycles. The van der Waals surface area contributed by atoms with Crippen molar-refractivity contribution in [3.63, 3.8) is 0 Å². The van der Waals surface area contributed by atoms with Crippen LogP contribution in [0.3, 0.4) is 0 Å². The lowest BCUT2D eigenvalue weighted by Crippen LogP contribution is -2.45. The third kappa shape index (κ3) is 4.98. The van der Waals surface area contributed by atoms with Crippen LogP contribution < -0.4 is 10.1 Å². The largest absolute Gasteiger partial charge is 0.508 e. The number of anilines is 1. The second kappa shape index (κ2) is 9.01. The van der Waals surface area contributed by atoms with Crippen LogP contribution in [0.2, 0.25) is 0 Å². The maximum absolute atomic E-state index is 12.6. The summed E-state index contributed by atoms with van der Waals surface area (Å²) >= 11 is 0. The van der Waals surface area contributed by atoms with E-state index in [1.54, 1.807) is 30.3 Å². The molecule has 2 aromatic rings. The highest BCUT2D eigenvalue weighted by Crippen LogP contribution is 2.30. The predicted octanol–water partition coefficient (Wildman–Crippen LogP) is 4.20. The zero-order chi connectivity index (χ0) is 20.1. The molecule has 150 valence electrons. The number of ether oxygens (including phenoxy) is 1. The first-order valence-electron chi connectivity index (χ1n) is 9.31. The number of likely N-dealkylation sites (tertiary alicyclic amines) is 1. The van der Waals surface area contributed by atoms with Crippen molar-refractivity contribution < 1.29 is 23.4 Å². The number of carbonyl (C=O) groups excluding carboxylic acids is 1. The van der Waals surface area contributed by atoms with Gasteiger partial charge >= 0.3 is 6.61 Å². The van der Waals surface area contributed by atoms with Gasteiger partial charge < -0.3 is 15.2 Å². The zero-order valence-corrected chi connectivity index (χ0v) is 15.6. The van der Waals surface area contributed by atoms with E-state index in [1.165, 1.54) is 11.6 Å². The number of amides is 1. The summed E-state index contributed by atoms with van der Waals surface area (Å²) in [7, 11) is 0. The molecule has 7 heteroatoms. The van der Waals surface area contributed by atoms with E-state index in [4.69, 9.17) is 0 Å². The van der Waals surface area contributed by atoms with Gasteiger partial charge in [-0.3, -0.25) is 9.69 Å². The number of hydrogen-bond acceptors (Lipinski definition) is 4. The Kier molecular flexibility index (Phi) is 6.46. The maximum atomic E-state index is 12.6. The van der Waals surface area contributed by atoms with Crippen molar-refractivity contribution in [2.45, 2.75) is 38.3 Å². The molecule has 1 atom stereocenters. The van der Waals surface area contributed by atoms with Crippen molar-refractivity contribution >= 4 is 11.6 Å². The van der Waals surface area contributed by atoms with Crippen LogP contribution >= 0.6 is 0 Å². The number of alkyl halides is 2. The second-order valence-corrected chi connectivity index (χ2v) is 6.94. The van der Waals surface area contributed by atoms with Gasteiger partial charge in [0.2, 0.25) is 5.91 Å². The van der Waals surface area contributed by atoms with E-state index in [2.05, 4.69) is 15.0 Å². The number of phenols is 1. The van der Waals surface area contributed by atoms with Crippen LogP contribution in [-0.2, 0) is 4.79 Å². The number of hydrogen-bond donors (Lipinski definition) is 2. The Balaban J connectivity index is 1.57. The van der Waals surface area contributed by atoms with Gasteiger partial charge in [0.15, 0.2) is 0 Å². The summed E-state index contributed by atoms with van der Waals surface area (Å²) < 4.78 is 29.5. The minimum Gasteiger partial charge on any atom is -0.508 e. The third-order valence-electron chi connectivity index (χ3n) is 5.18. The molecule has 1 fully saturated rings. The second-order valence-electron chi connectivity index (χ2n) is 6.94. The standard InChI is InChI=1S/C21H24F2N2O3/c1-14(20(27)24-18-4-2-3-5-19(18)28-21(22)23)25-12-10-16(11-13-25)15-6-8-17(26)9-7-15/h2-9,14,16,21,26H,10-13H2,1H3,(H,24,27). The quantitative estimate of drug-likeness (QED) is 0.776. The summed E-state index contributed by atoms with van der Waals surface area (Å²) in [5.74, 6) is 0.340. The third-order valence-corrected chi connectivity index (χ3v) is 5.18. The Bertz CT molecular complexity index is 790. The molecule has 0 aromatic heterocycles. The van der Waals surface area contributed by atoms with Gasteiger partial charge in [-0.2, -0.15) is 8.78 Å². The minimum atomic E-state index is -2.95. The van der Waals surface area contributed by atoms with Gasteiger partial charge in [0.05, 0.1) is 11.7 Å². The van der Waals surface area contributed by atoms with Gasteiger partial charge in [-0.05, 0) is 68.6 Å². The van der Waals surface area contributed by atoms with Gasteiger partial charge in [-0.15, -0.1) is 0 Å². The molecule has 2 aromatic carbocycles. The van der Waals surface area contributed by atoms with E-state index in [0.717, 1.165) is 25.9 Å². The summed E-state index contributed by atoms with van der Waals surface area (Å²) in [6.45, 7) is 0.381. The molecule has 1 unspecified atom stereocenters. The van der Waals surface area contributed by atoms with E-state index in [9.17, 15) is 18.7 Å². The highest BCUT2D eigenvalue weighted by Gasteiger charge is 2.27. The summed E-state index contributed by atoms with van der Waals surface area (Å²) in [6, 6.07) is 13.0. The number of nitrogens with zero attached hydrogens (tertiary/aromatic N) is 1. The summed E-state index contributed by atoms with van der Waals surface area (Å²) in [5, 5.41) is 12.1. The molecule has 1 aliphatic heterocycles. The molecule has 1 heterocycles. The first kappa shape index (κ1) is 20.1. The Hall–Kier alpha value is -2.67. The lowest BCUT2D eigenvalue weighted by molar-refractivity contribution is -0.121. The van der Waals surface area contributed by atoms with Crippen LogP contribution in [0.5, 0.6) is 11.5 Å². The highest BCUT2D eigenvalue weighted by molar-refractivity contribution is 5.95. The fourth-order valence-corrected chi connectivity index (χ4v) is 3.54. The van der Waals surface area contributed by atoms with Crippen LogP contribution in [0.25, 0.3) is 0 Å². The fraction of sp³-hybridized carbons (Fsp3) is 0.381. The minimum absolute atomic E-state index is 0.0518. The number of halogens is 2. The SMILES string of the molecule is CC(C(=O)Nc1ccccc1OC(F)F)N1CCC(c2ccc(O)cc2)CC1. The molecular formula is C21H24F2N2O3. The van der Waals surface area contributed by atoms with Crippen LogP contribution in [0, 0.1) is 0 Å². The topological polar surface area (TPSA) is 61.8 Å². The Morgan fingerprint density at radius 3 is 2.43 bits per heavy atom. The lowest BCUT2D eigenvalue weighted by Gasteiger charge is -2.35. The highest BCUT2D eigenvalue weighted by atomic mass is 19.3. The number of piperidine rings is 1. The first-order chi connectivity index (χ1) is 13.4. The summed E-state index contributed by atoms with van der Waals surface area (Å²) in [6.07, 6.45) is 1.82. The van der Waals surface area contributed by atoms with Crippen molar-refractivity contribution in [3.05, 3.63) is 54.1 Å². The summed E-state index contributed by atoms with van der Waals surface area (Å²) in [4.78, 5) is 14.7. The number of para-hydroxylation sites is 2. The first-order valence-corrected chi connectivity index (χ1v) is 9.31. The van der Waals surface area contributed by atoms with Crippen molar-refractivity contribution in [3.8, 4) is 11.5 Å². The Morgan fingerprint density at radius 1 is 1.14 bits per heavy atom. The predicted molar refractivity (Wildman–Crippen MR) is 103 cm³/mol. The molecule has 5 nitrogen and oxygen atoms in total. The van der Waals surface area contributed by atoms with Gasteiger partial charge in [0.1, 0.15) is 11.5 Å². The molecule has 0 saturated carbocycles. The molecular weight excluding hydrogens is 366 g/mol. The van der Waals surface area contributed by atoms with Gasteiger partial charge in [0, 0.05) is 0 Å². The number of benzene rings is 2. The zero-order valence-electron chi connectivity index (χ0n) is 15.6. The van der Waals surface area contributed by atoms with E-state index in [0.29, 0.717) is 5.92 Å². The molecule has 1 amide bonds. The van der Waals surface area contributed by atoms with E-state index >= 15 is 0 Å². The number of rotatable bonds is 6. The van der Waals surface area contributed by atoms with Crippen molar-refractivity contribution in [2.24, 2.45) is 0 Å². The molecule has 2 N–H and O–H groups in total. The number of carbonyl (C=O) groups is 1. The van der Waals surface area contributed by atoms with Crippen LogP contribution in [0.15, 0.2) is 48.5 Å². The lowest BCUT2D eigenvalue weighted by atomic mass is 9.89. The smallest absolute Gasteiger partial charge is 0.387 e. The molecule has 1 aliphatic rings. The van der Waals surface area contributed by atoms with Crippen LogP contribution in [0.4, 0.5) is 14.5 Å². The summed E-state index contributed by atoms with van der Waals surface area (Å²) in [5.41, 5.74) is 1.42. The average molecular weight is 390 g/mol. The van der Waals surface area contributed by atoms with Gasteiger partial charge in [-0.1, -0.05) is 24.3 Å². The monoisotopic (exact) mass is 390 g/mol. The Labute approximate surface area is 162 Å².